The number of thiocarbonyl (C=S) groups is 2. The lowest BCUT2D eigenvalue weighted by atomic mass is 10.3. The fraction of sp³-hybridized carbons (Fsp3) is 0.800. The molecule has 0 aromatic heterocycles. The molecule has 0 radical (unpaired) electrons. The largest absolute Gasteiger partial charge is 0.370 e. The van der Waals surface area contributed by atoms with Crippen LogP contribution in [0, 0.1) is 0 Å². The third kappa shape index (κ3) is 11.0. The molecule has 6 heteroatoms. The summed E-state index contributed by atoms with van der Waals surface area (Å²) in [4.78, 5) is 0. The van der Waals surface area contributed by atoms with Crippen molar-refractivity contribution >= 4 is 54.7 Å². The minimum absolute atomic E-state index is 0.818. The van der Waals surface area contributed by atoms with E-state index in [4.69, 9.17) is 24.4 Å². The Labute approximate surface area is 117 Å². The maximum absolute atomic E-state index is 5.16. The van der Waals surface area contributed by atoms with Gasteiger partial charge >= 0.3 is 0 Å². The summed E-state index contributed by atoms with van der Waals surface area (Å²) in [7, 11) is 3.05. The fourth-order valence-electron chi connectivity index (χ4n) is 0.869. The average Bonchev–Trinajstić information content (AvgIpc) is 2.27. The van der Waals surface area contributed by atoms with Gasteiger partial charge in [0, 0.05) is 13.1 Å². The summed E-state index contributed by atoms with van der Waals surface area (Å²) in [5, 5.41) is 6.38. The standard InChI is InChI=1S/C10H20N2S4/c1-3-5-7-11-9(13)15-16-10(14)12-8-6-4-2/h3-8H2,1-2H3,(H,11,13)(H,12,14). The number of unbranched alkanes of at least 4 members (excludes halogenated alkanes) is 2. The topological polar surface area (TPSA) is 24.1 Å². The average molecular weight is 297 g/mol. The minimum atomic E-state index is 0.818. The van der Waals surface area contributed by atoms with E-state index in [0.29, 0.717) is 0 Å². The smallest absolute Gasteiger partial charge is 0.144 e. The number of nitrogens with one attached hydrogen (secondary N) is 2. The summed E-state index contributed by atoms with van der Waals surface area (Å²) in [5.74, 6) is 0. The lowest BCUT2D eigenvalue weighted by Crippen LogP contribution is -2.21. The van der Waals surface area contributed by atoms with Crippen molar-refractivity contribution < 1.29 is 0 Å². The van der Waals surface area contributed by atoms with Gasteiger partial charge in [-0.1, -0.05) is 51.1 Å². The second kappa shape index (κ2) is 12.0. The maximum atomic E-state index is 5.16. The van der Waals surface area contributed by atoms with Gasteiger partial charge in [0.05, 0.1) is 0 Å². The molecule has 0 rings (SSSR count). The first-order chi connectivity index (χ1) is 7.70. The van der Waals surface area contributed by atoms with Gasteiger partial charge in [-0.05, 0) is 34.4 Å². The molecule has 0 aromatic carbocycles. The molecule has 0 aliphatic heterocycles. The van der Waals surface area contributed by atoms with Crippen molar-refractivity contribution in [2.24, 2.45) is 0 Å². The van der Waals surface area contributed by atoms with Crippen molar-refractivity contribution in [2.45, 2.75) is 39.5 Å². The first-order valence-electron chi connectivity index (χ1n) is 5.60. The highest BCUT2D eigenvalue weighted by molar-refractivity contribution is 8.89. The lowest BCUT2D eigenvalue weighted by Gasteiger charge is -2.07. The van der Waals surface area contributed by atoms with E-state index in [1.54, 1.807) is 0 Å². The Morgan fingerprint density at radius 1 is 0.875 bits per heavy atom. The molecule has 0 spiro atoms. The van der Waals surface area contributed by atoms with E-state index < -0.39 is 0 Å². The lowest BCUT2D eigenvalue weighted by molar-refractivity contribution is 0.762. The van der Waals surface area contributed by atoms with Crippen LogP contribution in [-0.2, 0) is 0 Å². The van der Waals surface area contributed by atoms with Crippen molar-refractivity contribution in [3.63, 3.8) is 0 Å². The van der Waals surface area contributed by atoms with Crippen LogP contribution in [0.3, 0.4) is 0 Å². The molecule has 0 aliphatic carbocycles. The number of rotatable bonds is 6. The van der Waals surface area contributed by atoms with E-state index >= 15 is 0 Å². The molecular weight excluding hydrogens is 276 g/mol. The Morgan fingerprint density at radius 3 is 1.56 bits per heavy atom. The third-order valence-electron chi connectivity index (χ3n) is 1.79. The fourth-order valence-corrected chi connectivity index (χ4v) is 2.97. The highest BCUT2D eigenvalue weighted by Gasteiger charge is 2.01. The summed E-state index contributed by atoms with van der Waals surface area (Å²) < 4.78 is 1.64. The van der Waals surface area contributed by atoms with Crippen LogP contribution >= 0.6 is 46.0 Å². The summed E-state index contributed by atoms with van der Waals surface area (Å²) in [6, 6.07) is 0. The van der Waals surface area contributed by atoms with Crippen LogP contribution in [0.25, 0.3) is 0 Å². The molecule has 0 aliphatic rings. The molecular formula is C10H20N2S4. The Kier molecular flexibility index (Phi) is 12.3. The van der Waals surface area contributed by atoms with Crippen LogP contribution in [0.1, 0.15) is 39.5 Å². The van der Waals surface area contributed by atoms with Crippen LogP contribution in [0.5, 0.6) is 0 Å². The highest BCUT2D eigenvalue weighted by Crippen LogP contribution is 2.22. The first kappa shape index (κ1) is 16.5. The SMILES string of the molecule is CCCCNC(=S)SSC(=S)NCCCC. The van der Waals surface area contributed by atoms with Gasteiger partial charge in [0.25, 0.3) is 0 Å². The van der Waals surface area contributed by atoms with E-state index in [2.05, 4.69) is 24.5 Å². The van der Waals surface area contributed by atoms with Gasteiger partial charge in [0.1, 0.15) is 8.64 Å². The minimum Gasteiger partial charge on any atom is -0.370 e. The highest BCUT2D eigenvalue weighted by atomic mass is 33.1. The molecule has 0 fully saturated rings. The van der Waals surface area contributed by atoms with E-state index in [-0.39, 0.29) is 0 Å². The monoisotopic (exact) mass is 296 g/mol. The van der Waals surface area contributed by atoms with Gasteiger partial charge in [-0.3, -0.25) is 0 Å². The molecule has 0 atom stereocenters. The molecule has 0 aromatic rings. The normalized spacial score (nSPS) is 9.88. The molecule has 0 amide bonds. The summed E-state index contributed by atoms with van der Waals surface area (Å²) in [6.07, 6.45) is 4.68. The summed E-state index contributed by atoms with van der Waals surface area (Å²) >= 11 is 10.3. The molecule has 0 unspecified atom stereocenters. The third-order valence-corrected chi connectivity index (χ3v) is 5.14. The summed E-state index contributed by atoms with van der Waals surface area (Å²) in [6.45, 7) is 6.25. The van der Waals surface area contributed by atoms with Gasteiger partial charge in [-0.25, -0.2) is 0 Å². The predicted molar refractivity (Wildman–Crippen MR) is 86.2 cm³/mol. The molecule has 0 bridgehead atoms. The van der Waals surface area contributed by atoms with Crippen LogP contribution in [0.2, 0.25) is 0 Å². The zero-order valence-electron chi connectivity index (χ0n) is 9.88. The van der Waals surface area contributed by atoms with Crippen LogP contribution in [0.15, 0.2) is 0 Å². The van der Waals surface area contributed by atoms with Gasteiger partial charge < -0.3 is 10.6 Å². The number of hydrogen-bond donors (Lipinski definition) is 2. The van der Waals surface area contributed by atoms with Gasteiger partial charge in [0.15, 0.2) is 0 Å². The molecule has 0 saturated carbocycles. The summed E-state index contributed by atoms with van der Waals surface area (Å²) in [5.41, 5.74) is 0. The Bertz CT molecular complexity index is 187. The second-order valence-electron chi connectivity index (χ2n) is 3.30. The zero-order valence-corrected chi connectivity index (χ0v) is 13.1. The zero-order chi connectivity index (χ0) is 12.2. The molecule has 0 heterocycles. The van der Waals surface area contributed by atoms with E-state index in [1.165, 1.54) is 34.4 Å². The Hall–Kier alpha value is 0.480. The van der Waals surface area contributed by atoms with Crippen LogP contribution in [0.4, 0.5) is 0 Å². The van der Waals surface area contributed by atoms with Crippen molar-refractivity contribution in [2.75, 3.05) is 13.1 Å². The van der Waals surface area contributed by atoms with E-state index in [1.807, 2.05) is 0 Å². The van der Waals surface area contributed by atoms with Crippen LogP contribution < -0.4 is 10.6 Å². The Morgan fingerprint density at radius 2 is 1.25 bits per heavy atom. The molecule has 2 nitrogen and oxygen atoms in total. The van der Waals surface area contributed by atoms with Gasteiger partial charge in [0.2, 0.25) is 0 Å². The maximum Gasteiger partial charge on any atom is 0.144 e. The van der Waals surface area contributed by atoms with Crippen LogP contribution in [-0.4, -0.2) is 21.7 Å². The number of hydrogen-bond acceptors (Lipinski definition) is 4. The predicted octanol–water partition coefficient (Wildman–Crippen LogP) is 3.72. The van der Waals surface area contributed by atoms with E-state index in [0.717, 1.165) is 34.6 Å². The Balaban J connectivity index is 3.40. The van der Waals surface area contributed by atoms with Crippen molar-refractivity contribution in [1.29, 1.82) is 0 Å². The second-order valence-corrected chi connectivity index (χ2v) is 6.79. The van der Waals surface area contributed by atoms with E-state index in [9.17, 15) is 0 Å². The van der Waals surface area contributed by atoms with Gasteiger partial charge in [-0.15, -0.1) is 0 Å². The molecule has 2 N–H and O–H groups in total. The van der Waals surface area contributed by atoms with Gasteiger partial charge in [-0.2, -0.15) is 0 Å². The van der Waals surface area contributed by atoms with Crippen molar-refractivity contribution in [1.82, 2.24) is 10.6 Å². The quantitative estimate of drug-likeness (QED) is 0.440. The van der Waals surface area contributed by atoms with Crippen molar-refractivity contribution in [3.05, 3.63) is 0 Å². The molecule has 16 heavy (non-hydrogen) atoms. The molecule has 94 valence electrons. The van der Waals surface area contributed by atoms with Crippen molar-refractivity contribution in [3.8, 4) is 0 Å². The first-order valence-corrected chi connectivity index (χ1v) is 8.57. The molecule has 0 saturated heterocycles.